The molecule has 5 nitrogen and oxygen atoms in total. The normalized spacial score (nSPS) is 19.1. The number of hydrogen-bond acceptors (Lipinski definition) is 3. The van der Waals surface area contributed by atoms with Gasteiger partial charge in [0.05, 0.1) is 16.8 Å². The molecule has 2 aliphatic heterocycles. The Morgan fingerprint density at radius 1 is 1.00 bits per heavy atom. The SMILES string of the molecule is CC[C@@H]1CCCCN1C(=O)c1ccc2c(c1)C(=O)N(c1ccc(C)cc1)C2=O. The van der Waals surface area contributed by atoms with Gasteiger partial charge in [-0.15, -0.1) is 0 Å². The van der Waals surface area contributed by atoms with Gasteiger partial charge in [-0.2, -0.15) is 0 Å². The number of anilines is 1. The average molecular weight is 376 g/mol. The van der Waals surface area contributed by atoms with Crippen molar-refractivity contribution in [3.05, 3.63) is 64.7 Å². The first-order valence-corrected chi connectivity index (χ1v) is 9.91. The van der Waals surface area contributed by atoms with Gasteiger partial charge >= 0.3 is 0 Å². The number of amides is 3. The monoisotopic (exact) mass is 376 g/mol. The molecule has 3 amide bonds. The fraction of sp³-hybridized carbons (Fsp3) is 0.348. The summed E-state index contributed by atoms with van der Waals surface area (Å²) in [4.78, 5) is 41.9. The minimum Gasteiger partial charge on any atom is -0.336 e. The second-order valence-corrected chi connectivity index (χ2v) is 7.60. The third kappa shape index (κ3) is 3.01. The number of carbonyl (C=O) groups excluding carboxylic acids is 3. The van der Waals surface area contributed by atoms with Gasteiger partial charge in [0, 0.05) is 18.2 Å². The van der Waals surface area contributed by atoms with Crippen molar-refractivity contribution in [3.63, 3.8) is 0 Å². The van der Waals surface area contributed by atoms with Crippen LogP contribution in [0.2, 0.25) is 0 Å². The number of piperidine rings is 1. The minimum absolute atomic E-state index is 0.0524. The Balaban J connectivity index is 1.65. The van der Waals surface area contributed by atoms with E-state index >= 15 is 0 Å². The number of nitrogens with zero attached hydrogens (tertiary/aromatic N) is 2. The first-order chi connectivity index (χ1) is 13.5. The van der Waals surface area contributed by atoms with Gasteiger partial charge in [-0.3, -0.25) is 14.4 Å². The molecule has 1 saturated heterocycles. The summed E-state index contributed by atoms with van der Waals surface area (Å²) < 4.78 is 0. The number of benzene rings is 2. The lowest BCUT2D eigenvalue weighted by Crippen LogP contribution is -2.43. The lowest BCUT2D eigenvalue weighted by atomic mass is 9.98. The van der Waals surface area contributed by atoms with E-state index in [1.54, 1.807) is 30.3 Å². The van der Waals surface area contributed by atoms with Crippen LogP contribution in [-0.2, 0) is 0 Å². The maximum absolute atomic E-state index is 13.1. The van der Waals surface area contributed by atoms with Crippen LogP contribution in [0.5, 0.6) is 0 Å². The van der Waals surface area contributed by atoms with Crippen LogP contribution in [0.15, 0.2) is 42.5 Å². The molecule has 1 atom stereocenters. The van der Waals surface area contributed by atoms with Crippen LogP contribution in [0.3, 0.4) is 0 Å². The number of aryl methyl sites for hydroxylation is 1. The van der Waals surface area contributed by atoms with Crippen molar-refractivity contribution in [1.29, 1.82) is 0 Å². The van der Waals surface area contributed by atoms with E-state index in [1.807, 2.05) is 24.0 Å². The number of rotatable bonds is 3. The van der Waals surface area contributed by atoms with Gasteiger partial charge in [-0.1, -0.05) is 24.6 Å². The summed E-state index contributed by atoms with van der Waals surface area (Å²) in [6.07, 6.45) is 4.10. The predicted molar refractivity (Wildman–Crippen MR) is 108 cm³/mol. The van der Waals surface area contributed by atoms with E-state index in [4.69, 9.17) is 0 Å². The minimum atomic E-state index is -0.371. The summed E-state index contributed by atoms with van der Waals surface area (Å²) >= 11 is 0. The second-order valence-electron chi connectivity index (χ2n) is 7.60. The fourth-order valence-corrected chi connectivity index (χ4v) is 4.16. The maximum Gasteiger partial charge on any atom is 0.266 e. The van der Waals surface area contributed by atoms with E-state index in [9.17, 15) is 14.4 Å². The van der Waals surface area contributed by atoms with E-state index in [2.05, 4.69) is 6.92 Å². The van der Waals surface area contributed by atoms with Crippen LogP contribution in [0.1, 0.15) is 69.2 Å². The molecule has 0 aromatic heterocycles. The lowest BCUT2D eigenvalue weighted by Gasteiger charge is -2.35. The number of hydrogen-bond donors (Lipinski definition) is 0. The van der Waals surface area contributed by atoms with Gasteiger partial charge in [-0.05, 0) is 62.9 Å². The zero-order valence-corrected chi connectivity index (χ0v) is 16.3. The van der Waals surface area contributed by atoms with Crippen molar-refractivity contribution >= 4 is 23.4 Å². The van der Waals surface area contributed by atoms with Gasteiger partial charge in [0.2, 0.25) is 0 Å². The molecule has 0 unspecified atom stereocenters. The molecule has 1 fully saturated rings. The highest BCUT2D eigenvalue weighted by atomic mass is 16.2. The fourth-order valence-electron chi connectivity index (χ4n) is 4.16. The van der Waals surface area contributed by atoms with Crippen LogP contribution in [0, 0.1) is 6.92 Å². The quantitative estimate of drug-likeness (QED) is 0.755. The third-order valence-electron chi connectivity index (χ3n) is 5.78. The molecular formula is C23H24N2O3. The maximum atomic E-state index is 13.1. The number of imide groups is 1. The van der Waals surface area contributed by atoms with Crippen molar-refractivity contribution in [1.82, 2.24) is 4.90 Å². The van der Waals surface area contributed by atoms with Crippen LogP contribution >= 0.6 is 0 Å². The molecule has 0 N–H and O–H groups in total. The van der Waals surface area contributed by atoms with E-state index in [0.717, 1.165) is 37.8 Å². The standard InChI is InChI=1S/C23H24N2O3/c1-3-17-6-4-5-13-24(17)21(26)16-9-12-19-20(14-16)23(28)25(22(19)27)18-10-7-15(2)8-11-18/h7-12,14,17H,3-6,13H2,1-2H3/t17-/m1/s1. The Morgan fingerprint density at radius 2 is 1.71 bits per heavy atom. The molecule has 2 aromatic rings. The Labute approximate surface area is 164 Å². The molecule has 0 spiro atoms. The highest BCUT2D eigenvalue weighted by Gasteiger charge is 2.37. The largest absolute Gasteiger partial charge is 0.336 e. The Hall–Kier alpha value is -2.95. The first kappa shape index (κ1) is 18.4. The molecule has 0 saturated carbocycles. The third-order valence-corrected chi connectivity index (χ3v) is 5.78. The molecule has 2 aliphatic rings. The Bertz CT molecular complexity index is 949. The number of fused-ring (bicyclic) bond motifs is 1. The molecule has 0 radical (unpaired) electrons. The smallest absolute Gasteiger partial charge is 0.266 e. The topological polar surface area (TPSA) is 57.7 Å². The highest BCUT2D eigenvalue weighted by Crippen LogP contribution is 2.30. The summed E-state index contributed by atoms with van der Waals surface area (Å²) in [5.74, 6) is -0.764. The summed E-state index contributed by atoms with van der Waals surface area (Å²) in [5, 5.41) is 0. The molecule has 144 valence electrons. The summed E-state index contributed by atoms with van der Waals surface area (Å²) in [5.41, 5.74) is 2.74. The van der Waals surface area contributed by atoms with Crippen molar-refractivity contribution < 1.29 is 14.4 Å². The summed E-state index contributed by atoms with van der Waals surface area (Å²) in [6, 6.07) is 12.4. The second kappa shape index (κ2) is 7.23. The summed E-state index contributed by atoms with van der Waals surface area (Å²) in [7, 11) is 0. The zero-order valence-electron chi connectivity index (χ0n) is 16.3. The average Bonchev–Trinajstić information content (AvgIpc) is 2.98. The zero-order chi connectivity index (χ0) is 19.8. The van der Waals surface area contributed by atoms with Crippen LogP contribution in [0.25, 0.3) is 0 Å². The molecule has 0 aliphatic carbocycles. The Morgan fingerprint density at radius 3 is 2.43 bits per heavy atom. The van der Waals surface area contributed by atoms with E-state index in [0.29, 0.717) is 22.4 Å². The van der Waals surface area contributed by atoms with Crippen molar-refractivity contribution in [2.45, 2.75) is 45.6 Å². The number of likely N-dealkylation sites (tertiary alicyclic amines) is 1. The van der Waals surface area contributed by atoms with Gasteiger partial charge in [-0.25, -0.2) is 4.90 Å². The molecule has 2 aromatic carbocycles. The van der Waals surface area contributed by atoms with Crippen LogP contribution in [-0.4, -0.2) is 35.2 Å². The summed E-state index contributed by atoms with van der Waals surface area (Å²) in [6.45, 7) is 4.80. The van der Waals surface area contributed by atoms with Crippen LogP contribution < -0.4 is 4.90 Å². The van der Waals surface area contributed by atoms with Crippen molar-refractivity contribution in [2.24, 2.45) is 0 Å². The van der Waals surface area contributed by atoms with Crippen molar-refractivity contribution in [3.8, 4) is 0 Å². The van der Waals surface area contributed by atoms with E-state index < -0.39 is 0 Å². The molecular weight excluding hydrogens is 352 g/mol. The first-order valence-electron chi connectivity index (χ1n) is 9.91. The molecule has 4 rings (SSSR count). The molecule has 28 heavy (non-hydrogen) atoms. The van der Waals surface area contributed by atoms with Gasteiger partial charge in [0.1, 0.15) is 0 Å². The van der Waals surface area contributed by atoms with Gasteiger partial charge < -0.3 is 4.90 Å². The van der Waals surface area contributed by atoms with E-state index in [-0.39, 0.29) is 23.8 Å². The Kier molecular flexibility index (Phi) is 4.75. The van der Waals surface area contributed by atoms with Gasteiger partial charge in [0.15, 0.2) is 0 Å². The van der Waals surface area contributed by atoms with Crippen LogP contribution in [0.4, 0.5) is 5.69 Å². The number of carbonyl (C=O) groups is 3. The van der Waals surface area contributed by atoms with E-state index in [1.165, 1.54) is 4.90 Å². The van der Waals surface area contributed by atoms with Gasteiger partial charge in [0.25, 0.3) is 17.7 Å². The van der Waals surface area contributed by atoms with Crippen molar-refractivity contribution in [2.75, 3.05) is 11.4 Å². The molecule has 0 bridgehead atoms. The predicted octanol–water partition coefficient (Wildman–Crippen LogP) is 4.20. The molecule has 5 heteroatoms. The molecule has 2 heterocycles. The lowest BCUT2D eigenvalue weighted by molar-refractivity contribution is 0.0607. The highest BCUT2D eigenvalue weighted by molar-refractivity contribution is 6.34.